The van der Waals surface area contributed by atoms with E-state index >= 15 is 0 Å². The molecule has 30 heavy (non-hydrogen) atoms. The van der Waals surface area contributed by atoms with Crippen LogP contribution < -0.4 is 14.7 Å². The Morgan fingerprint density at radius 3 is 2.57 bits per heavy atom. The van der Waals surface area contributed by atoms with Gasteiger partial charge in [-0.2, -0.15) is 0 Å². The van der Waals surface area contributed by atoms with E-state index in [9.17, 15) is 9.18 Å². The van der Waals surface area contributed by atoms with Crippen LogP contribution >= 0.6 is 15.9 Å². The third-order valence-corrected chi connectivity index (χ3v) is 6.01. The van der Waals surface area contributed by atoms with Gasteiger partial charge in [-0.1, -0.05) is 19.9 Å². The number of aryl methyl sites for hydroxylation is 1. The molecule has 1 aromatic carbocycles. The van der Waals surface area contributed by atoms with Crippen molar-refractivity contribution in [2.75, 3.05) is 48.6 Å². The number of benzene rings is 1. The van der Waals surface area contributed by atoms with Crippen molar-refractivity contribution in [3.05, 3.63) is 40.0 Å². The maximum Gasteiger partial charge on any atom is 0.247 e. The molecule has 1 amide bonds. The van der Waals surface area contributed by atoms with Crippen LogP contribution in [0.2, 0.25) is 0 Å². The number of amides is 1. The highest BCUT2D eigenvalue weighted by atomic mass is 79.9. The lowest BCUT2D eigenvalue weighted by molar-refractivity contribution is -0.117. The van der Waals surface area contributed by atoms with Crippen LogP contribution in [0.1, 0.15) is 43.9 Å². The van der Waals surface area contributed by atoms with Gasteiger partial charge in [-0.25, -0.2) is 4.98 Å². The number of unbranched alkanes of at least 4 members (excludes halogenated alkanes) is 1. The van der Waals surface area contributed by atoms with Crippen molar-refractivity contribution < 1.29 is 9.18 Å². The molecule has 0 aliphatic carbocycles. The number of anilines is 4. The molecule has 162 valence electrons. The highest BCUT2D eigenvalue weighted by Crippen LogP contribution is 2.45. The topological polar surface area (TPSA) is 39.7 Å². The van der Waals surface area contributed by atoms with Gasteiger partial charge in [0.2, 0.25) is 5.91 Å². The Morgan fingerprint density at radius 1 is 1.23 bits per heavy atom. The molecule has 0 atom stereocenters. The van der Waals surface area contributed by atoms with Gasteiger partial charge in [-0.15, -0.1) is 0 Å². The Balaban J connectivity index is 2.14. The highest BCUT2D eigenvalue weighted by Gasteiger charge is 2.34. The molecule has 0 unspecified atom stereocenters. The molecule has 0 fully saturated rings. The average Bonchev–Trinajstić information content (AvgIpc) is 2.68. The fourth-order valence-electron chi connectivity index (χ4n) is 3.74. The van der Waals surface area contributed by atoms with E-state index in [1.54, 1.807) is 4.90 Å². The van der Waals surface area contributed by atoms with Crippen molar-refractivity contribution in [3.8, 4) is 0 Å². The molecule has 0 saturated heterocycles. The number of fused-ring (bicyclic) bond motifs is 1. The van der Waals surface area contributed by atoms with E-state index in [0.29, 0.717) is 25.3 Å². The van der Waals surface area contributed by atoms with Crippen LogP contribution in [-0.2, 0) is 4.79 Å². The van der Waals surface area contributed by atoms with Gasteiger partial charge in [0, 0.05) is 30.8 Å². The van der Waals surface area contributed by atoms with Crippen molar-refractivity contribution in [2.24, 2.45) is 0 Å². The molecule has 2 heterocycles. The first-order valence-electron chi connectivity index (χ1n) is 10.4. The van der Waals surface area contributed by atoms with E-state index in [-0.39, 0.29) is 19.1 Å². The van der Waals surface area contributed by atoms with Crippen LogP contribution in [0, 0.1) is 6.92 Å². The van der Waals surface area contributed by atoms with E-state index in [4.69, 9.17) is 4.98 Å². The predicted molar refractivity (Wildman–Crippen MR) is 126 cm³/mol. The first-order chi connectivity index (χ1) is 14.2. The van der Waals surface area contributed by atoms with Gasteiger partial charge in [-0.3, -0.25) is 9.18 Å². The number of hydrogen-bond acceptors (Lipinski definition) is 4. The number of carbonyl (C=O) groups excluding carboxylic acids is 1. The SMILES string of the molecule is Cc1cc(N(C)C)c2c(n1)N(c1ccc(C(C)C)cc1Br)CC(=O)N2CCCC[17F]. The molecule has 0 bridgehead atoms. The third kappa shape index (κ3) is 4.46. The predicted octanol–water partition coefficient (Wildman–Crippen LogP) is 5.58. The number of pyridine rings is 1. The Bertz CT molecular complexity index is 932. The fraction of sp³-hybridized carbons (Fsp3) is 0.478. The van der Waals surface area contributed by atoms with Gasteiger partial charge in [0.25, 0.3) is 0 Å². The van der Waals surface area contributed by atoms with E-state index in [1.165, 1.54) is 5.56 Å². The van der Waals surface area contributed by atoms with E-state index in [0.717, 1.165) is 33.0 Å². The highest BCUT2D eigenvalue weighted by molar-refractivity contribution is 9.10. The Labute approximate surface area is 187 Å². The standard InChI is InChI=1S/C23H30BrFN4O/c1-15(2)17-8-9-19(18(24)13-17)29-14-21(30)28(11-7-6-10-25)22-20(27(4)5)12-16(3)26-23(22)29/h8-9,12-13,15H,6-7,10-11,14H2,1-5H3/i25-2. The van der Waals surface area contributed by atoms with Crippen molar-refractivity contribution in [3.63, 3.8) is 0 Å². The van der Waals surface area contributed by atoms with Gasteiger partial charge in [-0.05, 0) is 65.4 Å². The van der Waals surface area contributed by atoms with E-state index in [2.05, 4.69) is 48.0 Å². The summed E-state index contributed by atoms with van der Waals surface area (Å²) in [5.41, 5.74) is 4.76. The Kier molecular flexibility index (Phi) is 7.01. The lowest BCUT2D eigenvalue weighted by atomic mass is 10.0. The molecule has 3 rings (SSSR count). The summed E-state index contributed by atoms with van der Waals surface area (Å²) in [6.07, 6.45) is 1.07. The Morgan fingerprint density at radius 2 is 1.97 bits per heavy atom. The zero-order chi connectivity index (χ0) is 22.0. The summed E-state index contributed by atoms with van der Waals surface area (Å²) in [6, 6.07) is 8.26. The maximum absolute atomic E-state index is 13.2. The Hall–Kier alpha value is -2.15. The van der Waals surface area contributed by atoms with Gasteiger partial charge in [0.15, 0.2) is 5.82 Å². The minimum absolute atomic E-state index is 0.00468. The van der Waals surface area contributed by atoms with Gasteiger partial charge in [0.05, 0.1) is 18.0 Å². The molecule has 1 aromatic heterocycles. The molecule has 0 N–H and O–H groups in total. The quantitative estimate of drug-likeness (QED) is 0.491. The van der Waals surface area contributed by atoms with Gasteiger partial charge >= 0.3 is 0 Å². The number of aromatic nitrogens is 1. The van der Waals surface area contributed by atoms with Crippen LogP contribution in [0.3, 0.4) is 0 Å². The fourth-order valence-corrected chi connectivity index (χ4v) is 4.35. The summed E-state index contributed by atoms with van der Waals surface area (Å²) in [6.45, 7) is 6.60. The number of rotatable bonds is 7. The second-order valence-electron chi connectivity index (χ2n) is 8.24. The van der Waals surface area contributed by atoms with Crippen molar-refractivity contribution in [1.82, 2.24) is 4.98 Å². The van der Waals surface area contributed by atoms with Crippen molar-refractivity contribution in [1.29, 1.82) is 0 Å². The lowest BCUT2D eigenvalue weighted by Gasteiger charge is -2.39. The number of hydrogen-bond donors (Lipinski definition) is 0. The minimum Gasteiger partial charge on any atom is -0.376 e. The molecular formula is C23H30BrFN4O. The van der Waals surface area contributed by atoms with Crippen LogP contribution in [0.15, 0.2) is 28.7 Å². The average molecular weight is 475 g/mol. The lowest BCUT2D eigenvalue weighted by Crippen LogP contribution is -2.45. The summed E-state index contributed by atoms with van der Waals surface area (Å²) in [4.78, 5) is 23.8. The summed E-state index contributed by atoms with van der Waals surface area (Å²) in [5, 5.41) is 0. The molecular weight excluding hydrogens is 445 g/mol. The van der Waals surface area contributed by atoms with Gasteiger partial charge in [0.1, 0.15) is 12.2 Å². The summed E-state index contributed by atoms with van der Waals surface area (Å²) in [7, 11) is 3.93. The first kappa shape index (κ1) is 22.5. The minimum atomic E-state index is -0.372. The molecule has 0 radical (unpaired) electrons. The molecule has 5 nitrogen and oxygen atoms in total. The normalized spacial score (nSPS) is 13.8. The van der Waals surface area contributed by atoms with Crippen LogP contribution in [0.4, 0.5) is 27.3 Å². The monoisotopic (exact) mass is 474 g/mol. The molecule has 1 aliphatic rings. The van der Waals surface area contributed by atoms with Crippen molar-refractivity contribution in [2.45, 2.75) is 39.5 Å². The molecule has 7 heteroatoms. The van der Waals surface area contributed by atoms with E-state index in [1.807, 2.05) is 36.9 Å². The molecule has 2 aromatic rings. The van der Waals surface area contributed by atoms with Crippen molar-refractivity contribution >= 4 is 44.7 Å². The number of carbonyl (C=O) groups is 1. The second kappa shape index (κ2) is 9.33. The number of alkyl halides is 1. The van der Waals surface area contributed by atoms with Crippen LogP contribution in [-0.4, -0.2) is 44.8 Å². The van der Waals surface area contributed by atoms with E-state index < -0.39 is 0 Å². The largest absolute Gasteiger partial charge is 0.376 e. The molecule has 0 saturated carbocycles. The smallest absolute Gasteiger partial charge is 0.247 e. The molecule has 1 aliphatic heterocycles. The van der Waals surface area contributed by atoms with Gasteiger partial charge < -0.3 is 14.7 Å². The second-order valence-corrected chi connectivity index (χ2v) is 9.10. The van der Waals surface area contributed by atoms with Crippen LogP contribution in [0.5, 0.6) is 0 Å². The maximum atomic E-state index is 13.2. The number of nitrogens with zero attached hydrogens (tertiary/aromatic N) is 4. The first-order valence-corrected chi connectivity index (χ1v) is 11.2. The summed E-state index contributed by atoms with van der Waals surface area (Å²) in [5.74, 6) is 1.17. The zero-order valence-electron chi connectivity index (χ0n) is 18.4. The zero-order valence-corrected chi connectivity index (χ0v) is 20.0. The van der Waals surface area contributed by atoms with Crippen LogP contribution in [0.25, 0.3) is 0 Å². The number of halogens is 2. The third-order valence-electron chi connectivity index (χ3n) is 5.38. The molecule has 0 spiro atoms. The summed E-state index contributed by atoms with van der Waals surface area (Å²) < 4.78 is 13.6. The summed E-state index contributed by atoms with van der Waals surface area (Å²) >= 11 is 3.71.